The smallest absolute Gasteiger partial charge is 0.0662 e. The lowest BCUT2D eigenvalue weighted by Crippen LogP contribution is -2.28. The van der Waals surface area contributed by atoms with Crippen molar-refractivity contribution in [2.75, 3.05) is 12.3 Å². The largest absolute Gasteiger partial charge is 0.399 e. The van der Waals surface area contributed by atoms with Crippen molar-refractivity contribution >= 4 is 5.69 Å². The number of nitrogens with one attached hydrogen (secondary N) is 1. The van der Waals surface area contributed by atoms with Crippen LogP contribution < -0.4 is 11.1 Å². The molecule has 0 radical (unpaired) electrons. The first-order valence-corrected chi connectivity index (χ1v) is 6.00. The van der Waals surface area contributed by atoms with E-state index in [1.54, 1.807) is 0 Å². The lowest BCUT2D eigenvalue weighted by atomic mass is 10.1. The van der Waals surface area contributed by atoms with Crippen molar-refractivity contribution in [2.45, 2.75) is 38.3 Å². The number of anilines is 1. The molecule has 3 nitrogen and oxygen atoms in total. The summed E-state index contributed by atoms with van der Waals surface area (Å²) in [6.07, 6.45) is 2.75. The van der Waals surface area contributed by atoms with Crippen LogP contribution in [0.1, 0.15) is 36.9 Å². The van der Waals surface area contributed by atoms with Gasteiger partial charge in [0.25, 0.3) is 0 Å². The third-order valence-electron chi connectivity index (χ3n) is 3.32. The Kier molecular flexibility index (Phi) is 3.46. The molecule has 0 saturated heterocycles. The summed E-state index contributed by atoms with van der Waals surface area (Å²) in [6.45, 7) is 2.67. The van der Waals surface area contributed by atoms with Crippen LogP contribution in [0.5, 0.6) is 0 Å². The van der Waals surface area contributed by atoms with Crippen LogP contribution in [-0.4, -0.2) is 17.8 Å². The predicted molar refractivity (Wildman–Crippen MR) is 66.2 cm³/mol. The lowest BCUT2D eigenvalue weighted by molar-refractivity contribution is 0.163. The third kappa shape index (κ3) is 2.36. The summed E-state index contributed by atoms with van der Waals surface area (Å²) in [7, 11) is 0. The van der Waals surface area contributed by atoms with Gasteiger partial charge in [0.15, 0.2) is 0 Å². The first kappa shape index (κ1) is 11.4. The highest BCUT2D eigenvalue weighted by Gasteiger charge is 2.22. The highest BCUT2D eigenvalue weighted by Crippen LogP contribution is 2.32. The van der Waals surface area contributed by atoms with E-state index in [1.807, 2.05) is 13.0 Å². The number of nitrogen functional groups attached to an aromatic ring is 1. The van der Waals surface area contributed by atoms with Gasteiger partial charge in [-0.2, -0.15) is 0 Å². The Balaban J connectivity index is 2.01. The summed E-state index contributed by atoms with van der Waals surface area (Å²) in [5.41, 5.74) is 9.30. The van der Waals surface area contributed by atoms with E-state index in [4.69, 9.17) is 5.73 Å². The van der Waals surface area contributed by atoms with Gasteiger partial charge in [-0.1, -0.05) is 13.0 Å². The number of aliphatic hydroxyl groups excluding tert-OH is 1. The first-order chi connectivity index (χ1) is 7.70. The van der Waals surface area contributed by atoms with Gasteiger partial charge in [-0.15, -0.1) is 0 Å². The van der Waals surface area contributed by atoms with Crippen molar-refractivity contribution < 1.29 is 5.11 Å². The van der Waals surface area contributed by atoms with Gasteiger partial charge >= 0.3 is 0 Å². The van der Waals surface area contributed by atoms with Gasteiger partial charge in [0, 0.05) is 18.3 Å². The Labute approximate surface area is 96.7 Å². The topological polar surface area (TPSA) is 58.3 Å². The molecule has 88 valence electrons. The third-order valence-corrected chi connectivity index (χ3v) is 3.32. The van der Waals surface area contributed by atoms with Gasteiger partial charge in [-0.3, -0.25) is 0 Å². The van der Waals surface area contributed by atoms with E-state index in [1.165, 1.54) is 11.1 Å². The van der Waals surface area contributed by atoms with E-state index in [9.17, 15) is 5.11 Å². The fraction of sp³-hybridized carbons (Fsp3) is 0.538. The molecule has 0 spiro atoms. The molecule has 0 aromatic heterocycles. The second kappa shape index (κ2) is 4.85. The van der Waals surface area contributed by atoms with Gasteiger partial charge in [0.2, 0.25) is 0 Å². The Morgan fingerprint density at radius 1 is 1.56 bits per heavy atom. The summed E-state index contributed by atoms with van der Waals surface area (Å²) in [5.74, 6) is 0. The fourth-order valence-electron chi connectivity index (χ4n) is 2.27. The average Bonchev–Trinajstić information content (AvgIpc) is 2.68. The highest BCUT2D eigenvalue weighted by molar-refractivity contribution is 5.47. The summed E-state index contributed by atoms with van der Waals surface area (Å²) in [5, 5.41) is 12.9. The molecular formula is C13H20N2O. The Morgan fingerprint density at radius 2 is 2.38 bits per heavy atom. The summed E-state index contributed by atoms with van der Waals surface area (Å²) >= 11 is 0. The minimum Gasteiger partial charge on any atom is -0.399 e. The van der Waals surface area contributed by atoms with Gasteiger partial charge in [0.05, 0.1) is 6.10 Å². The quantitative estimate of drug-likeness (QED) is 0.676. The molecule has 2 unspecified atom stereocenters. The van der Waals surface area contributed by atoms with E-state index in [0.717, 1.165) is 24.9 Å². The molecule has 2 atom stereocenters. The van der Waals surface area contributed by atoms with Crippen LogP contribution in [-0.2, 0) is 6.42 Å². The molecule has 0 amide bonds. The number of rotatable bonds is 4. The molecule has 0 saturated carbocycles. The fourth-order valence-corrected chi connectivity index (χ4v) is 2.27. The second-order valence-electron chi connectivity index (χ2n) is 4.52. The number of benzene rings is 1. The minimum atomic E-state index is -0.238. The molecular weight excluding hydrogens is 200 g/mol. The van der Waals surface area contributed by atoms with E-state index < -0.39 is 0 Å². The molecule has 4 N–H and O–H groups in total. The van der Waals surface area contributed by atoms with E-state index in [2.05, 4.69) is 17.4 Å². The molecule has 1 aliphatic rings. The lowest BCUT2D eigenvalue weighted by Gasteiger charge is -2.16. The number of aliphatic hydroxyl groups is 1. The predicted octanol–water partition coefficient (Wildman–Crippen LogP) is 1.62. The first-order valence-electron chi connectivity index (χ1n) is 6.00. The van der Waals surface area contributed by atoms with Gasteiger partial charge in [0.1, 0.15) is 0 Å². The van der Waals surface area contributed by atoms with Gasteiger partial charge < -0.3 is 16.2 Å². The second-order valence-corrected chi connectivity index (χ2v) is 4.52. The number of fused-ring (bicyclic) bond motifs is 1. The van der Waals surface area contributed by atoms with Crippen LogP contribution in [0.4, 0.5) is 5.69 Å². The standard InChI is InChI=1S/C13H20N2O/c1-2-11(16)8-15-13-6-3-9-7-10(14)4-5-12(9)13/h4-5,7,11,13,15-16H,2-3,6,8,14H2,1H3. The van der Waals surface area contributed by atoms with Crippen molar-refractivity contribution in [2.24, 2.45) is 0 Å². The number of hydrogen-bond acceptors (Lipinski definition) is 3. The summed E-state index contributed by atoms with van der Waals surface area (Å²) < 4.78 is 0. The van der Waals surface area contributed by atoms with Crippen LogP contribution in [0.15, 0.2) is 18.2 Å². The van der Waals surface area contributed by atoms with E-state index >= 15 is 0 Å². The molecule has 2 rings (SSSR count). The van der Waals surface area contributed by atoms with E-state index in [-0.39, 0.29) is 6.10 Å². The van der Waals surface area contributed by atoms with Crippen molar-refractivity contribution in [3.8, 4) is 0 Å². The van der Waals surface area contributed by atoms with Crippen molar-refractivity contribution in [1.29, 1.82) is 0 Å². The maximum absolute atomic E-state index is 9.53. The molecule has 0 bridgehead atoms. The Bertz CT molecular complexity index is 365. The number of hydrogen-bond donors (Lipinski definition) is 3. The molecule has 0 heterocycles. The maximum atomic E-state index is 9.53. The minimum absolute atomic E-state index is 0.238. The molecule has 3 heteroatoms. The van der Waals surface area contributed by atoms with Crippen molar-refractivity contribution in [1.82, 2.24) is 5.32 Å². The Hall–Kier alpha value is -1.06. The zero-order valence-corrected chi connectivity index (χ0v) is 9.74. The van der Waals surface area contributed by atoms with E-state index in [0.29, 0.717) is 12.6 Å². The highest BCUT2D eigenvalue weighted by atomic mass is 16.3. The van der Waals surface area contributed by atoms with Crippen molar-refractivity contribution in [3.05, 3.63) is 29.3 Å². The normalized spacial score (nSPS) is 20.8. The average molecular weight is 220 g/mol. The van der Waals surface area contributed by atoms with Crippen LogP contribution >= 0.6 is 0 Å². The molecule has 0 fully saturated rings. The summed E-state index contributed by atoms with van der Waals surface area (Å²) in [4.78, 5) is 0. The number of nitrogens with two attached hydrogens (primary N) is 1. The SMILES string of the molecule is CCC(O)CNC1CCc2cc(N)ccc21. The van der Waals surface area contributed by atoms with Crippen LogP contribution in [0.3, 0.4) is 0 Å². The Morgan fingerprint density at radius 3 is 3.12 bits per heavy atom. The van der Waals surface area contributed by atoms with Crippen LogP contribution in [0, 0.1) is 0 Å². The van der Waals surface area contributed by atoms with Crippen molar-refractivity contribution in [3.63, 3.8) is 0 Å². The molecule has 1 aromatic carbocycles. The molecule has 16 heavy (non-hydrogen) atoms. The number of aryl methyl sites for hydroxylation is 1. The van der Waals surface area contributed by atoms with Gasteiger partial charge in [-0.25, -0.2) is 0 Å². The molecule has 1 aliphatic carbocycles. The zero-order chi connectivity index (χ0) is 11.5. The summed E-state index contributed by atoms with van der Waals surface area (Å²) in [6, 6.07) is 6.51. The molecule has 0 aliphatic heterocycles. The molecule has 1 aromatic rings. The van der Waals surface area contributed by atoms with Crippen LogP contribution in [0.2, 0.25) is 0 Å². The van der Waals surface area contributed by atoms with Crippen LogP contribution in [0.25, 0.3) is 0 Å². The monoisotopic (exact) mass is 220 g/mol. The maximum Gasteiger partial charge on any atom is 0.0662 e. The van der Waals surface area contributed by atoms with Gasteiger partial charge in [-0.05, 0) is 42.5 Å². The zero-order valence-electron chi connectivity index (χ0n) is 9.74.